The molecular formula is C18H22N6O5. The van der Waals surface area contributed by atoms with Gasteiger partial charge in [-0.25, -0.2) is 10.2 Å². The Balaban J connectivity index is 1.97. The maximum absolute atomic E-state index is 12.4. The highest BCUT2D eigenvalue weighted by atomic mass is 16.5. The van der Waals surface area contributed by atoms with Gasteiger partial charge >= 0.3 is 5.69 Å². The first-order chi connectivity index (χ1) is 13.8. The molecule has 1 N–H and O–H groups in total. The molecule has 0 aliphatic carbocycles. The molecule has 0 saturated carbocycles. The number of hydrogen-bond acceptors (Lipinski definition) is 8. The van der Waals surface area contributed by atoms with E-state index in [0.29, 0.717) is 34.3 Å². The molecule has 154 valence electrons. The molecule has 11 heteroatoms. The number of hydrogen-bond donors (Lipinski definition) is 1. The van der Waals surface area contributed by atoms with Crippen LogP contribution in [0.25, 0.3) is 11.2 Å². The molecule has 0 unspecified atom stereocenters. The van der Waals surface area contributed by atoms with Gasteiger partial charge in [0.15, 0.2) is 22.7 Å². The predicted octanol–water partition coefficient (Wildman–Crippen LogP) is 0.443. The van der Waals surface area contributed by atoms with Crippen LogP contribution in [-0.4, -0.2) is 46.2 Å². The second-order valence-electron chi connectivity index (χ2n) is 6.20. The van der Waals surface area contributed by atoms with Crippen molar-refractivity contribution in [2.45, 2.75) is 0 Å². The van der Waals surface area contributed by atoms with Crippen molar-refractivity contribution in [1.29, 1.82) is 0 Å². The van der Waals surface area contributed by atoms with Crippen LogP contribution in [0.1, 0.15) is 5.56 Å². The lowest BCUT2D eigenvalue weighted by Gasteiger charge is -2.12. The molecule has 0 atom stereocenters. The summed E-state index contributed by atoms with van der Waals surface area (Å²) in [6.45, 7) is 0. The first kappa shape index (κ1) is 20.0. The lowest BCUT2D eigenvalue weighted by molar-refractivity contribution is 0.324. The Hall–Kier alpha value is -3.76. The maximum Gasteiger partial charge on any atom is 0.332 e. The molecule has 0 bridgehead atoms. The molecule has 0 spiro atoms. The van der Waals surface area contributed by atoms with E-state index in [4.69, 9.17) is 14.2 Å². The van der Waals surface area contributed by atoms with Crippen molar-refractivity contribution in [3.05, 3.63) is 38.5 Å². The predicted molar refractivity (Wildman–Crippen MR) is 109 cm³/mol. The van der Waals surface area contributed by atoms with Crippen LogP contribution in [0.4, 0.5) is 5.95 Å². The summed E-state index contributed by atoms with van der Waals surface area (Å²) in [6, 6.07) is 3.47. The van der Waals surface area contributed by atoms with Gasteiger partial charge in [0, 0.05) is 26.7 Å². The molecular weight excluding hydrogens is 380 g/mol. The molecule has 3 rings (SSSR count). The molecule has 2 aromatic heterocycles. The number of benzene rings is 1. The first-order valence-electron chi connectivity index (χ1n) is 8.55. The van der Waals surface area contributed by atoms with Crippen LogP contribution in [0.3, 0.4) is 0 Å². The van der Waals surface area contributed by atoms with Crippen molar-refractivity contribution in [3.8, 4) is 17.2 Å². The standard InChI is InChI=1S/C18H22N6O5/c1-22-13-15(23(2)18(26)24(3)16(13)25)20-17(22)21-19-9-10-7-11(27-4)14(29-6)12(8-10)28-5/h7-9H,1-6H3,(H,20,21)/b19-9-. The van der Waals surface area contributed by atoms with Gasteiger partial charge in [-0.15, -0.1) is 0 Å². The van der Waals surface area contributed by atoms with Gasteiger partial charge in [0.2, 0.25) is 11.7 Å². The summed E-state index contributed by atoms with van der Waals surface area (Å²) in [5, 5.41) is 4.17. The minimum Gasteiger partial charge on any atom is -0.493 e. The van der Waals surface area contributed by atoms with E-state index < -0.39 is 11.2 Å². The highest BCUT2D eigenvalue weighted by Crippen LogP contribution is 2.37. The van der Waals surface area contributed by atoms with Crippen molar-refractivity contribution >= 4 is 23.3 Å². The maximum atomic E-state index is 12.4. The van der Waals surface area contributed by atoms with Crippen molar-refractivity contribution in [2.75, 3.05) is 26.8 Å². The first-order valence-corrected chi connectivity index (χ1v) is 8.55. The third kappa shape index (κ3) is 3.30. The van der Waals surface area contributed by atoms with Gasteiger partial charge < -0.3 is 18.8 Å². The number of fused-ring (bicyclic) bond motifs is 1. The fraction of sp³-hybridized carbons (Fsp3) is 0.333. The Bertz CT molecular complexity index is 1200. The summed E-state index contributed by atoms with van der Waals surface area (Å²) in [7, 11) is 9.23. The summed E-state index contributed by atoms with van der Waals surface area (Å²) in [4.78, 5) is 28.8. The number of hydrazone groups is 1. The third-order valence-electron chi connectivity index (χ3n) is 4.54. The number of anilines is 1. The molecule has 1 aromatic carbocycles. The third-order valence-corrected chi connectivity index (χ3v) is 4.54. The van der Waals surface area contributed by atoms with Crippen LogP contribution in [-0.2, 0) is 21.1 Å². The molecule has 0 radical (unpaired) electrons. The van der Waals surface area contributed by atoms with Gasteiger partial charge in [-0.1, -0.05) is 0 Å². The summed E-state index contributed by atoms with van der Waals surface area (Å²) in [6.07, 6.45) is 1.54. The van der Waals surface area contributed by atoms with Crippen LogP contribution >= 0.6 is 0 Å². The monoisotopic (exact) mass is 402 g/mol. The van der Waals surface area contributed by atoms with E-state index >= 15 is 0 Å². The number of rotatable bonds is 6. The van der Waals surface area contributed by atoms with E-state index in [-0.39, 0.29) is 5.65 Å². The molecule has 11 nitrogen and oxygen atoms in total. The highest BCUT2D eigenvalue weighted by Gasteiger charge is 2.17. The number of methoxy groups -OCH3 is 3. The topological polar surface area (TPSA) is 114 Å². The minimum absolute atomic E-state index is 0.270. The Morgan fingerprint density at radius 1 is 0.966 bits per heavy atom. The fourth-order valence-electron chi connectivity index (χ4n) is 2.96. The average Bonchev–Trinajstić information content (AvgIpc) is 3.06. The summed E-state index contributed by atoms with van der Waals surface area (Å²) in [5.41, 5.74) is 3.16. The van der Waals surface area contributed by atoms with Crippen LogP contribution in [0.15, 0.2) is 26.8 Å². The molecule has 3 aromatic rings. The zero-order valence-corrected chi connectivity index (χ0v) is 17.0. The smallest absolute Gasteiger partial charge is 0.332 e. The van der Waals surface area contributed by atoms with Gasteiger partial charge in [0.1, 0.15) is 0 Å². The summed E-state index contributed by atoms with van der Waals surface area (Å²) >= 11 is 0. The van der Waals surface area contributed by atoms with E-state index in [1.165, 1.54) is 32.9 Å². The number of imidazole rings is 1. The summed E-state index contributed by atoms with van der Waals surface area (Å²) < 4.78 is 19.8. The van der Waals surface area contributed by atoms with Crippen LogP contribution in [0.5, 0.6) is 17.2 Å². The molecule has 0 saturated heterocycles. The van der Waals surface area contributed by atoms with Gasteiger partial charge in [-0.2, -0.15) is 10.1 Å². The number of nitrogens with one attached hydrogen (secondary N) is 1. The molecule has 0 aliphatic heterocycles. The van der Waals surface area contributed by atoms with Crippen LogP contribution in [0.2, 0.25) is 0 Å². The zero-order valence-electron chi connectivity index (χ0n) is 17.0. The normalized spacial score (nSPS) is 11.2. The summed E-state index contributed by atoms with van der Waals surface area (Å²) in [5.74, 6) is 1.78. The highest BCUT2D eigenvalue weighted by molar-refractivity contribution is 5.83. The van der Waals surface area contributed by atoms with Crippen LogP contribution in [0, 0.1) is 0 Å². The Morgan fingerprint density at radius 3 is 2.14 bits per heavy atom. The second kappa shape index (κ2) is 7.70. The van der Waals surface area contributed by atoms with Gasteiger partial charge in [-0.05, 0) is 12.1 Å². The van der Waals surface area contributed by atoms with E-state index in [1.807, 2.05) is 0 Å². The van der Waals surface area contributed by atoms with Crippen molar-refractivity contribution in [2.24, 2.45) is 26.2 Å². The van der Waals surface area contributed by atoms with Gasteiger partial charge in [0.25, 0.3) is 5.56 Å². The van der Waals surface area contributed by atoms with E-state index in [0.717, 1.165) is 4.57 Å². The van der Waals surface area contributed by atoms with E-state index in [2.05, 4.69) is 15.5 Å². The quantitative estimate of drug-likeness (QED) is 0.470. The number of nitrogens with zero attached hydrogens (tertiary/aromatic N) is 5. The lowest BCUT2D eigenvalue weighted by Crippen LogP contribution is -2.37. The molecule has 0 aliphatic rings. The SMILES string of the molecule is COc1cc(/C=N\Nc2nc3c(c(=O)n(C)c(=O)n3C)n2C)cc(OC)c1OC. The van der Waals surface area contributed by atoms with Crippen molar-refractivity contribution < 1.29 is 14.2 Å². The molecule has 29 heavy (non-hydrogen) atoms. The van der Waals surface area contributed by atoms with Crippen LogP contribution < -0.4 is 30.9 Å². The lowest BCUT2D eigenvalue weighted by atomic mass is 10.2. The van der Waals surface area contributed by atoms with Gasteiger partial charge in [-0.3, -0.25) is 13.9 Å². The average molecular weight is 402 g/mol. The Kier molecular flexibility index (Phi) is 5.31. The fourth-order valence-corrected chi connectivity index (χ4v) is 2.96. The minimum atomic E-state index is -0.451. The second-order valence-corrected chi connectivity index (χ2v) is 6.20. The Morgan fingerprint density at radius 2 is 1.59 bits per heavy atom. The number of aromatic nitrogens is 4. The Labute approximate surface area is 165 Å². The van der Waals surface area contributed by atoms with Crippen molar-refractivity contribution in [3.63, 3.8) is 0 Å². The van der Waals surface area contributed by atoms with Crippen molar-refractivity contribution in [1.82, 2.24) is 18.7 Å². The molecule has 2 heterocycles. The number of aryl methyl sites for hydroxylation is 2. The van der Waals surface area contributed by atoms with E-state index in [9.17, 15) is 9.59 Å². The number of ether oxygens (including phenoxy) is 3. The molecule has 0 amide bonds. The van der Waals surface area contributed by atoms with Gasteiger partial charge in [0.05, 0.1) is 27.5 Å². The molecule has 0 fully saturated rings. The zero-order chi connectivity index (χ0) is 21.3. The van der Waals surface area contributed by atoms with E-state index in [1.54, 1.807) is 37.0 Å². The largest absolute Gasteiger partial charge is 0.493 e.